The highest BCUT2D eigenvalue weighted by Crippen LogP contribution is 2.48. The summed E-state index contributed by atoms with van der Waals surface area (Å²) in [5.41, 5.74) is 5.48. The van der Waals surface area contributed by atoms with Crippen molar-refractivity contribution in [1.29, 1.82) is 0 Å². The normalized spacial score (nSPS) is 15.8. The molecule has 0 aliphatic heterocycles. The second-order valence-corrected chi connectivity index (χ2v) is 7.98. The van der Waals surface area contributed by atoms with Gasteiger partial charge in [0.1, 0.15) is 11.4 Å². The summed E-state index contributed by atoms with van der Waals surface area (Å²) in [5.74, 6) is 0.225. The summed E-state index contributed by atoms with van der Waals surface area (Å²) in [4.78, 5) is 0. The Hall–Kier alpha value is -3.36. The highest BCUT2D eigenvalue weighted by molar-refractivity contribution is 5.99. The largest absolute Gasteiger partial charge is 0.507 e. The fourth-order valence-corrected chi connectivity index (χ4v) is 5.17. The number of aliphatic hydroxyl groups is 1. The SMILES string of the molecule is Oc1ccc2c3c(ccc(C4(O)c5ccccc5C=Cc5ccccc54)c13)CC2. The maximum absolute atomic E-state index is 12.5. The fourth-order valence-electron chi connectivity index (χ4n) is 5.17. The van der Waals surface area contributed by atoms with Crippen LogP contribution in [0.1, 0.15) is 38.9 Å². The molecule has 0 spiro atoms. The van der Waals surface area contributed by atoms with Crippen LogP contribution in [-0.2, 0) is 18.4 Å². The Kier molecular flexibility index (Phi) is 3.33. The van der Waals surface area contributed by atoms with Crippen molar-refractivity contribution in [3.05, 3.63) is 112 Å². The van der Waals surface area contributed by atoms with E-state index in [-0.39, 0.29) is 5.75 Å². The summed E-state index contributed by atoms with van der Waals surface area (Å²) in [7, 11) is 0. The Morgan fingerprint density at radius 1 is 0.586 bits per heavy atom. The van der Waals surface area contributed by atoms with Crippen LogP contribution in [0, 0.1) is 0 Å². The van der Waals surface area contributed by atoms with Crippen molar-refractivity contribution < 1.29 is 10.2 Å². The molecule has 0 aromatic heterocycles. The molecule has 0 fully saturated rings. The number of aryl methyl sites for hydroxylation is 2. The minimum absolute atomic E-state index is 0.225. The lowest BCUT2D eigenvalue weighted by Crippen LogP contribution is -2.30. The second-order valence-electron chi connectivity index (χ2n) is 7.98. The molecule has 2 aliphatic rings. The maximum atomic E-state index is 12.5. The van der Waals surface area contributed by atoms with Gasteiger partial charge in [-0.15, -0.1) is 0 Å². The van der Waals surface area contributed by atoms with Gasteiger partial charge in [-0.3, -0.25) is 0 Å². The van der Waals surface area contributed by atoms with Gasteiger partial charge in [0.05, 0.1) is 0 Å². The fraction of sp³-hybridized carbons (Fsp3) is 0.111. The molecule has 0 radical (unpaired) electrons. The van der Waals surface area contributed by atoms with E-state index in [2.05, 4.69) is 18.2 Å². The van der Waals surface area contributed by atoms with Crippen molar-refractivity contribution >= 4 is 22.9 Å². The van der Waals surface area contributed by atoms with E-state index in [0.29, 0.717) is 0 Å². The Labute approximate surface area is 169 Å². The zero-order chi connectivity index (χ0) is 19.6. The summed E-state index contributed by atoms with van der Waals surface area (Å²) in [6.07, 6.45) is 6.07. The monoisotopic (exact) mass is 376 g/mol. The van der Waals surface area contributed by atoms with E-state index in [0.717, 1.165) is 51.4 Å². The van der Waals surface area contributed by atoms with Crippen LogP contribution in [-0.4, -0.2) is 10.2 Å². The minimum atomic E-state index is -1.37. The van der Waals surface area contributed by atoms with Crippen LogP contribution in [0.2, 0.25) is 0 Å². The van der Waals surface area contributed by atoms with E-state index in [1.54, 1.807) is 6.07 Å². The van der Waals surface area contributed by atoms with Gasteiger partial charge in [-0.2, -0.15) is 0 Å². The van der Waals surface area contributed by atoms with Crippen molar-refractivity contribution in [1.82, 2.24) is 0 Å². The van der Waals surface area contributed by atoms with Gasteiger partial charge in [-0.05, 0) is 57.7 Å². The topological polar surface area (TPSA) is 40.5 Å². The molecule has 0 atom stereocenters. The molecule has 0 amide bonds. The molecule has 2 nitrogen and oxygen atoms in total. The van der Waals surface area contributed by atoms with Gasteiger partial charge in [-0.25, -0.2) is 0 Å². The van der Waals surface area contributed by atoms with Gasteiger partial charge in [-0.1, -0.05) is 78.9 Å². The Bertz CT molecular complexity index is 1270. The van der Waals surface area contributed by atoms with Crippen LogP contribution in [0.5, 0.6) is 5.75 Å². The first-order chi connectivity index (χ1) is 14.2. The number of benzene rings is 4. The first-order valence-electron chi connectivity index (χ1n) is 10.0. The van der Waals surface area contributed by atoms with Gasteiger partial charge < -0.3 is 10.2 Å². The lowest BCUT2D eigenvalue weighted by Gasteiger charge is -2.33. The molecule has 4 aromatic rings. The lowest BCUT2D eigenvalue weighted by atomic mass is 9.76. The van der Waals surface area contributed by atoms with E-state index < -0.39 is 5.60 Å². The highest BCUT2D eigenvalue weighted by atomic mass is 16.3. The average Bonchev–Trinajstić information content (AvgIpc) is 3.13. The molecule has 2 heteroatoms. The molecular weight excluding hydrogens is 356 g/mol. The summed E-state index contributed by atoms with van der Waals surface area (Å²) in [6.45, 7) is 0. The van der Waals surface area contributed by atoms with Gasteiger partial charge in [0.2, 0.25) is 0 Å². The number of hydrogen-bond acceptors (Lipinski definition) is 2. The third kappa shape index (κ3) is 2.15. The molecule has 29 heavy (non-hydrogen) atoms. The van der Waals surface area contributed by atoms with Crippen LogP contribution in [0.4, 0.5) is 0 Å². The number of phenolic OH excluding ortho intramolecular Hbond substituents is 1. The van der Waals surface area contributed by atoms with E-state index in [1.165, 1.54) is 11.1 Å². The summed E-state index contributed by atoms with van der Waals surface area (Å²) in [6, 6.07) is 23.9. The van der Waals surface area contributed by atoms with Gasteiger partial charge in [0, 0.05) is 10.9 Å². The molecule has 6 rings (SSSR count). The molecule has 0 bridgehead atoms. The number of phenols is 1. The first kappa shape index (κ1) is 16.6. The standard InChI is InChI=1S/C27H20O2/c28-24-16-14-20-12-11-19-13-15-23(26(24)25(19)20)27(29)21-7-3-1-5-17(21)9-10-18-6-2-4-8-22(18)27/h1-10,13-16,28-29H,11-12H2. The third-order valence-electron chi connectivity index (χ3n) is 6.51. The van der Waals surface area contributed by atoms with Crippen molar-refractivity contribution in [2.45, 2.75) is 18.4 Å². The van der Waals surface area contributed by atoms with Crippen molar-refractivity contribution in [3.63, 3.8) is 0 Å². The minimum Gasteiger partial charge on any atom is -0.507 e. The van der Waals surface area contributed by atoms with Crippen LogP contribution in [0.15, 0.2) is 72.8 Å². The first-order valence-corrected chi connectivity index (χ1v) is 10.0. The van der Waals surface area contributed by atoms with Crippen LogP contribution >= 0.6 is 0 Å². The van der Waals surface area contributed by atoms with Gasteiger partial charge >= 0.3 is 0 Å². The van der Waals surface area contributed by atoms with Gasteiger partial charge in [0.25, 0.3) is 0 Å². The molecular formula is C27H20O2. The van der Waals surface area contributed by atoms with Crippen molar-refractivity contribution in [3.8, 4) is 5.75 Å². The van der Waals surface area contributed by atoms with Crippen LogP contribution in [0.25, 0.3) is 22.9 Å². The van der Waals surface area contributed by atoms with E-state index in [9.17, 15) is 10.2 Å². The predicted octanol–water partition coefficient (Wildman–Crippen LogP) is 5.41. The maximum Gasteiger partial charge on any atom is 0.142 e. The number of aromatic hydroxyl groups is 1. The van der Waals surface area contributed by atoms with Gasteiger partial charge in [0.15, 0.2) is 0 Å². The predicted molar refractivity (Wildman–Crippen MR) is 117 cm³/mol. The molecule has 140 valence electrons. The molecule has 2 aliphatic carbocycles. The average molecular weight is 376 g/mol. The van der Waals surface area contributed by atoms with E-state index >= 15 is 0 Å². The molecule has 0 heterocycles. The summed E-state index contributed by atoms with van der Waals surface area (Å²) in [5, 5.41) is 25.3. The lowest BCUT2D eigenvalue weighted by molar-refractivity contribution is 0.127. The molecule has 0 saturated heterocycles. The number of rotatable bonds is 1. The molecule has 2 N–H and O–H groups in total. The Balaban J connectivity index is 1.80. The van der Waals surface area contributed by atoms with E-state index in [4.69, 9.17) is 0 Å². The number of fused-ring (bicyclic) bond motifs is 2. The van der Waals surface area contributed by atoms with Crippen LogP contribution < -0.4 is 0 Å². The summed E-state index contributed by atoms with van der Waals surface area (Å²) < 4.78 is 0. The molecule has 0 saturated carbocycles. The smallest absolute Gasteiger partial charge is 0.142 e. The Morgan fingerprint density at radius 3 is 1.76 bits per heavy atom. The number of hydrogen-bond donors (Lipinski definition) is 2. The third-order valence-corrected chi connectivity index (χ3v) is 6.51. The second kappa shape index (κ2) is 5.82. The van der Waals surface area contributed by atoms with Crippen molar-refractivity contribution in [2.24, 2.45) is 0 Å². The Morgan fingerprint density at radius 2 is 1.14 bits per heavy atom. The van der Waals surface area contributed by atoms with E-state index in [1.807, 2.05) is 60.7 Å². The highest BCUT2D eigenvalue weighted by Gasteiger charge is 2.40. The zero-order valence-corrected chi connectivity index (χ0v) is 15.9. The summed E-state index contributed by atoms with van der Waals surface area (Å²) >= 11 is 0. The molecule has 4 aromatic carbocycles. The van der Waals surface area contributed by atoms with Crippen molar-refractivity contribution in [2.75, 3.05) is 0 Å². The zero-order valence-electron chi connectivity index (χ0n) is 15.9. The quantitative estimate of drug-likeness (QED) is 0.466. The molecule has 0 unspecified atom stereocenters. The van der Waals surface area contributed by atoms with Crippen LogP contribution in [0.3, 0.4) is 0 Å².